The zero-order valence-corrected chi connectivity index (χ0v) is 23.5. The molecule has 0 unspecified atom stereocenters. The molecule has 2 amide bonds. The molecule has 0 aliphatic rings. The maximum absolute atomic E-state index is 15.8. The van der Waals surface area contributed by atoms with Gasteiger partial charge in [0.1, 0.15) is 23.2 Å². The highest BCUT2D eigenvalue weighted by Crippen LogP contribution is 2.46. The third-order valence-electron chi connectivity index (χ3n) is 4.85. The number of hydrogen-bond acceptors (Lipinski definition) is 8. The summed E-state index contributed by atoms with van der Waals surface area (Å²) in [4.78, 5) is 73.2. The third-order valence-corrected chi connectivity index (χ3v) is 6.00. The molecule has 0 radical (unpaired) electrons. The molecule has 2 rings (SSSR count). The van der Waals surface area contributed by atoms with Gasteiger partial charge in [-0.3, -0.25) is 19.2 Å². The fraction of sp³-hybridized carbons (Fsp3) is 0.250. The molecule has 2 aromatic rings. The molecule has 10 nitrogen and oxygen atoms in total. The Morgan fingerprint density at radius 2 is 1.03 bits per heavy atom. The lowest BCUT2D eigenvalue weighted by Gasteiger charge is -2.22. The predicted molar refractivity (Wildman–Crippen MR) is 138 cm³/mol. The molecule has 0 heterocycles. The number of benzene rings is 2. The van der Waals surface area contributed by atoms with Gasteiger partial charge >= 0.3 is 11.9 Å². The summed E-state index contributed by atoms with van der Waals surface area (Å²) in [5, 5.41) is 4.46. The van der Waals surface area contributed by atoms with Crippen LogP contribution in [0.15, 0.2) is 21.1 Å². The van der Waals surface area contributed by atoms with E-state index in [0.717, 1.165) is 40.2 Å². The van der Waals surface area contributed by atoms with Crippen LogP contribution in [-0.2, 0) is 28.7 Å². The molecule has 202 valence electrons. The first-order valence-electron chi connectivity index (χ1n) is 10.5. The van der Waals surface area contributed by atoms with Crippen molar-refractivity contribution in [1.29, 1.82) is 0 Å². The zero-order valence-electron chi connectivity index (χ0n) is 20.3. The first-order valence-corrected chi connectivity index (χ1v) is 12.1. The average Bonchev–Trinajstić information content (AvgIpc) is 2.82. The van der Waals surface area contributed by atoms with Gasteiger partial charge in [0.05, 0.1) is 58.5 Å². The molecule has 0 spiro atoms. The van der Waals surface area contributed by atoms with E-state index in [1.165, 1.54) is 0 Å². The molecule has 0 aliphatic heterocycles. The molecule has 38 heavy (non-hydrogen) atoms. The van der Waals surface area contributed by atoms with E-state index in [2.05, 4.69) is 42.5 Å². The fourth-order valence-corrected chi connectivity index (χ4v) is 4.20. The normalized spacial score (nSPS) is 10.4. The summed E-state index contributed by atoms with van der Waals surface area (Å²) < 4.78 is 40.2. The minimum Gasteiger partial charge on any atom is -0.465 e. The van der Waals surface area contributed by atoms with Crippen LogP contribution in [0, 0.1) is 11.6 Å². The highest BCUT2D eigenvalue weighted by atomic mass is 79.9. The fourth-order valence-electron chi connectivity index (χ4n) is 3.34. The van der Waals surface area contributed by atoms with Gasteiger partial charge in [-0.1, -0.05) is 0 Å². The summed E-state index contributed by atoms with van der Waals surface area (Å²) in [5.74, 6) is -7.67. The van der Waals surface area contributed by atoms with E-state index in [9.17, 15) is 28.8 Å². The molecule has 0 aliphatic carbocycles. The SMILES string of the molecule is COC(=O)c1cc(Br)c(F)c(-c2c(F)c(Br)cc(C(=O)OC)c2NC(=O)CC(C)=O)c1NC(=O)CC(C)=O. The number of hydrogen-bond donors (Lipinski definition) is 2. The standard InChI is InChI=1S/C24H20Br2F2N2O8/c1-9(31)5-15(33)29-21-11(23(35)37-3)7-13(25)19(27)17(21)18-20(28)14(26)8-12(24(36)38-4)22(18)30-16(34)6-10(2)32/h7-8H,5-6H2,1-4H3,(H,29,33)(H,30,34). The van der Waals surface area contributed by atoms with Crippen molar-refractivity contribution in [2.24, 2.45) is 0 Å². The number of halogens is 4. The Bertz CT molecular complexity index is 1270. The lowest BCUT2D eigenvalue weighted by molar-refractivity contribution is -0.125. The minimum atomic E-state index is -1.22. The molecule has 0 saturated heterocycles. The van der Waals surface area contributed by atoms with Crippen molar-refractivity contribution in [3.8, 4) is 11.1 Å². The van der Waals surface area contributed by atoms with Gasteiger partial charge in [-0.15, -0.1) is 0 Å². The topological polar surface area (TPSA) is 145 Å². The van der Waals surface area contributed by atoms with E-state index < -0.39 is 93.4 Å². The Labute approximate surface area is 231 Å². The largest absolute Gasteiger partial charge is 0.465 e. The van der Waals surface area contributed by atoms with Gasteiger partial charge in [-0.25, -0.2) is 18.4 Å². The first-order chi connectivity index (χ1) is 17.7. The van der Waals surface area contributed by atoms with Crippen LogP contribution in [0.25, 0.3) is 11.1 Å². The van der Waals surface area contributed by atoms with E-state index in [-0.39, 0.29) is 8.95 Å². The van der Waals surface area contributed by atoms with E-state index in [4.69, 9.17) is 9.47 Å². The van der Waals surface area contributed by atoms with Gasteiger partial charge in [-0.05, 0) is 57.8 Å². The van der Waals surface area contributed by atoms with E-state index in [0.29, 0.717) is 0 Å². The molecule has 14 heteroatoms. The van der Waals surface area contributed by atoms with Gasteiger partial charge < -0.3 is 20.1 Å². The Balaban J connectivity index is 3.11. The Hall–Kier alpha value is -3.52. The molecular formula is C24H20Br2F2N2O8. The Morgan fingerprint density at radius 1 is 0.711 bits per heavy atom. The summed E-state index contributed by atoms with van der Waals surface area (Å²) in [6.07, 6.45) is -1.34. The number of carbonyl (C=O) groups is 6. The van der Waals surface area contributed by atoms with Crippen LogP contribution in [-0.4, -0.2) is 49.5 Å². The number of ether oxygens (including phenoxy) is 2. The molecular weight excluding hydrogens is 642 g/mol. The molecule has 0 saturated carbocycles. The van der Waals surface area contributed by atoms with Crippen LogP contribution in [0.5, 0.6) is 0 Å². The van der Waals surface area contributed by atoms with Crippen molar-refractivity contribution in [2.75, 3.05) is 24.9 Å². The first kappa shape index (κ1) is 30.7. The van der Waals surface area contributed by atoms with Gasteiger partial charge in [0.25, 0.3) is 0 Å². The van der Waals surface area contributed by atoms with Crippen molar-refractivity contribution < 1.29 is 47.0 Å². The second-order valence-corrected chi connectivity index (χ2v) is 9.49. The summed E-state index contributed by atoms with van der Waals surface area (Å²) in [6, 6.07) is 1.91. The quantitative estimate of drug-likeness (QED) is 0.294. The number of methoxy groups -OCH3 is 2. The van der Waals surface area contributed by atoms with Crippen molar-refractivity contribution in [1.82, 2.24) is 0 Å². The van der Waals surface area contributed by atoms with E-state index in [1.807, 2.05) is 0 Å². The number of rotatable bonds is 9. The molecule has 0 fully saturated rings. The molecule has 0 aromatic heterocycles. The second kappa shape index (κ2) is 12.8. The Kier molecular flexibility index (Phi) is 10.4. The summed E-state index contributed by atoms with van der Waals surface area (Å²) in [7, 11) is 2.01. The van der Waals surface area contributed by atoms with Gasteiger partial charge in [0.15, 0.2) is 0 Å². The smallest absolute Gasteiger partial charge is 0.340 e. The lowest BCUT2D eigenvalue weighted by atomic mass is 9.94. The average molecular weight is 662 g/mol. The summed E-state index contributed by atoms with van der Waals surface area (Å²) in [6.45, 7) is 2.23. The summed E-state index contributed by atoms with van der Waals surface area (Å²) in [5.41, 5.74) is -3.68. The number of amides is 2. The number of anilines is 2. The van der Waals surface area contributed by atoms with Crippen LogP contribution >= 0.6 is 31.9 Å². The van der Waals surface area contributed by atoms with E-state index in [1.54, 1.807) is 0 Å². The number of esters is 2. The molecule has 0 atom stereocenters. The predicted octanol–water partition coefficient (Wildman–Crippen LogP) is 4.57. The van der Waals surface area contributed by atoms with Gasteiger partial charge in [-0.2, -0.15) is 0 Å². The highest BCUT2D eigenvalue weighted by Gasteiger charge is 2.32. The summed E-state index contributed by atoms with van der Waals surface area (Å²) >= 11 is 5.87. The minimum absolute atomic E-state index is 0.377. The van der Waals surface area contributed by atoms with E-state index >= 15 is 8.78 Å². The van der Waals surface area contributed by atoms with Crippen LogP contribution in [0.4, 0.5) is 20.2 Å². The number of Topliss-reactive ketones (excluding diaryl/α,β-unsaturated/α-hetero) is 2. The van der Waals surface area contributed by atoms with Crippen LogP contribution in [0.1, 0.15) is 47.4 Å². The van der Waals surface area contributed by atoms with Crippen LogP contribution < -0.4 is 10.6 Å². The lowest BCUT2D eigenvalue weighted by Crippen LogP contribution is -2.21. The van der Waals surface area contributed by atoms with Crippen molar-refractivity contribution in [3.05, 3.63) is 43.8 Å². The van der Waals surface area contributed by atoms with Crippen LogP contribution in [0.3, 0.4) is 0 Å². The van der Waals surface area contributed by atoms with Gasteiger partial charge in [0.2, 0.25) is 11.8 Å². The molecule has 0 bridgehead atoms. The number of ketones is 2. The Morgan fingerprint density at radius 3 is 1.29 bits per heavy atom. The molecule has 2 aromatic carbocycles. The monoisotopic (exact) mass is 660 g/mol. The van der Waals surface area contributed by atoms with Crippen molar-refractivity contribution >= 4 is 78.6 Å². The van der Waals surface area contributed by atoms with Crippen molar-refractivity contribution in [2.45, 2.75) is 26.7 Å². The molecule has 2 N–H and O–H groups in total. The number of nitrogens with one attached hydrogen (secondary N) is 2. The zero-order chi connectivity index (χ0) is 28.9. The third kappa shape index (κ3) is 6.86. The maximum Gasteiger partial charge on any atom is 0.340 e. The van der Waals surface area contributed by atoms with Crippen LogP contribution in [0.2, 0.25) is 0 Å². The highest BCUT2D eigenvalue weighted by molar-refractivity contribution is 9.10. The maximum atomic E-state index is 15.8. The van der Waals surface area contributed by atoms with Gasteiger partial charge in [0, 0.05) is 11.1 Å². The second-order valence-electron chi connectivity index (χ2n) is 7.78. The van der Waals surface area contributed by atoms with Crippen molar-refractivity contribution in [3.63, 3.8) is 0 Å². The number of carbonyl (C=O) groups excluding carboxylic acids is 6.